The number of nitrogens with zero attached hydrogens (tertiary/aromatic N) is 4. The van der Waals surface area contributed by atoms with Gasteiger partial charge < -0.3 is 14.4 Å². The van der Waals surface area contributed by atoms with Gasteiger partial charge in [-0.3, -0.25) is 4.90 Å². The van der Waals surface area contributed by atoms with Crippen LogP contribution in [0.25, 0.3) is 16.9 Å². The Balaban J connectivity index is 1.68. The summed E-state index contributed by atoms with van der Waals surface area (Å²) in [6.07, 6.45) is 1.24. The van der Waals surface area contributed by atoms with Gasteiger partial charge in [-0.05, 0) is 29.0 Å². The Morgan fingerprint density at radius 2 is 1.84 bits per heavy atom. The summed E-state index contributed by atoms with van der Waals surface area (Å²) < 4.78 is 2.17. The predicted molar refractivity (Wildman–Crippen MR) is 128 cm³/mol. The van der Waals surface area contributed by atoms with E-state index in [1.807, 2.05) is 18.2 Å². The first-order chi connectivity index (χ1) is 15.1. The molecular formula is C26H34N4O2. The normalized spacial score (nSPS) is 17.9. The third-order valence-corrected chi connectivity index (χ3v) is 6.56. The third-order valence-electron chi connectivity index (χ3n) is 6.56. The molecule has 0 saturated carbocycles. The molecule has 1 aliphatic rings. The zero-order chi connectivity index (χ0) is 23.0. The van der Waals surface area contributed by atoms with Crippen LogP contribution >= 0.6 is 0 Å². The minimum Gasteiger partial charge on any atom is -0.465 e. The minimum atomic E-state index is -0.828. The molecule has 1 N–H and O–H groups in total. The Morgan fingerprint density at radius 1 is 1.12 bits per heavy atom. The molecule has 170 valence electrons. The second-order valence-corrected chi connectivity index (χ2v) is 10.2. The number of benzene rings is 1. The molecule has 1 amide bonds. The van der Waals surface area contributed by atoms with Gasteiger partial charge >= 0.3 is 6.09 Å². The molecule has 32 heavy (non-hydrogen) atoms. The van der Waals surface area contributed by atoms with Gasteiger partial charge in [0.2, 0.25) is 0 Å². The molecule has 0 radical (unpaired) electrons. The highest BCUT2D eigenvalue weighted by atomic mass is 16.4. The average molecular weight is 435 g/mol. The van der Waals surface area contributed by atoms with E-state index >= 15 is 0 Å². The van der Waals surface area contributed by atoms with E-state index in [1.54, 1.807) is 4.90 Å². The Bertz CT molecular complexity index is 1100. The van der Waals surface area contributed by atoms with E-state index in [0.29, 0.717) is 25.6 Å². The SMILES string of the molecule is CC(C)c1ccc(-c2nc3ccccn3c2CN2CCN(C(=O)O)C(C(C)(C)C)C2)cc1. The lowest BCUT2D eigenvalue weighted by molar-refractivity contribution is 0.0186. The highest BCUT2D eigenvalue weighted by Crippen LogP contribution is 2.31. The largest absolute Gasteiger partial charge is 0.465 e. The Kier molecular flexibility index (Phi) is 5.99. The average Bonchev–Trinajstić information content (AvgIpc) is 3.11. The van der Waals surface area contributed by atoms with E-state index in [0.717, 1.165) is 29.1 Å². The lowest BCUT2D eigenvalue weighted by Gasteiger charge is -2.46. The molecule has 1 saturated heterocycles. The smallest absolute Gasteiger partial charge is 0.407 e. The van der Waals surface area contributed by atoms with E-state index in [9.17, 15) is 9.90 Å². The van der Waals surface area contributed by atoms with Crippen molar-refractivity contribution in [2.45, 2.75) is 53.1 Å². The molecule has 1 fully saturated rings. The molecule has 0 aliphatic carbocycles. The standard InChI is InChI=1S/C26H34N4O2/c1-18(2)19-9-11-20(12-10-19)24-21(29-13-7-6-8-23(29)27-24)16-28-14-15-30(25(31)32)22(17-28)26(3,4)5/h6-13,18,22H,14-17H2,1-5H3,(H,31,32). The second-order valence-electron chi connectivity index (χ2n) is 10.2. The third kappa shape index (κ3) is 4.37. The summed E-state index contributed by atoms with van der Waals surface area (Å²) >= 11 is 0. The van der Waals surface area contributed by atoms with E-state index in [4.69, 9.17) is 4.98 Å². The van der Waals surface area contributed by atoms with E-state index in [2.05, 4.69) is 74.4 Å². The lowest BCUT2D eigenvalue weighted by atomic mass is 9.84. The van der Waals surface area contributed by atoms with Crippen LogP contribution in [0.15, 0.2) is 48.7 Å². The molecule has 3 heterocycles. The molecule has 0 spiro atoms. The number of rotatable bonds is 4. The van der Waals surface area contributed by atoms with Gasteiger partial charge in [0.1, 0.15) is 5.65 Å². The molecule has 1 atom stereocenters. The molecular weight excluding hydrogens is 400 g/mol. The van der Waals surface area contributed by atoms with Crippen LogP contribution in [0.1, 0.15) is 51.8 Å². The van der Waals surface area contributed by atoms with Crippen LogP contribution in [0, 0.1) is 5.41 Å². The van der Waals surface area contributed by atoms with Crippen LogP contribution < -0.4 is 0 Å². The summed E-state index contributed by atoms with van der Waals surface area (Å²) in [5.41, 5.74) is 5.38. The highest BCUT2D eigenvalue weighted by molar-refractivity contribution is 5.67. The summed E-state index contributed by atoms with van der Waals surface area (Å²) in [5, 5.41) is 9.70. The number of amides is 1. The van der Waals surface area contributed by atoms with Crippen molar-refractivity contribution in [3.63, 3.8) is 0 Å². The van der Waals surface area contributed by atoms with Gasteiger partial charge in [0, 0.05) is 37.9 Å². The van der Waals surface area contributed by atoms with Crippen LogP contribution in [-0.2, 0) is 6.54 Å². The van der Waals surface area contributed by atoms with Gasteiger partial charge in [-0.15, -0.1) is 0 Å². The molecule has 2 aromatic heterocycles. The fourth-order valence-corrected chi connectivity index (χ4v) is 4.62. The van der Waals surface area contributed by atoms with Crippen LogP contribution in [0.2, 0.25) is 0 Å². The van der Waals surface area contributed by atoms with E-state index in [1.165, 1.54) is 5.56 Å². The minimum absolute atomic E-state index is 0.0540. The maximum absolute atomic E-state index is 11.8. The zero-order valence-electron chi connectivity index (χ0n) is 19.7. The summed E-state index contributed by atoms with van der Waals surface area (Å²) in [6.45, 7) is 13.4. The molecule has 1 unspecified atom stereocenters. The number of fused-ring (bicyclic) bond motifs is 1. The molecule has 6 heteroatoms. The fraction of sp³-hybridized carbons (Fsp3) is 0.462. The Hall–Kier alpha value is -2.86. The maximum atomic E-state index is 11.8. The van der Waals surface area contributed by atoms with Crippen molar-refractivity contribution < 1.29 is 9.90 Å². The maximum Gasteiger partial charge on any atom is 0.407 e. The topological polar surface area (TPSA) is 61.1 Å². The summed E-state index contributed by atoms with van der Waals surface area (Å²) in [7, 11) is 0. The van der Waals surface area contributed by atoms with Gasteiger partial charge in [0.05, 0.1) is 17.4 Å². The molecule has 0 bridgehead atoms. The number of hydrogen-bond donors (Lipinski definition) is 1. The van der Waals surface area contributed by atoms with Crippen molar-refractivity contribution in [1.82, 2.24) is 19.2 Å². The predicted octanol–water partition coefficient (Wildman–Crippen LogP) is 5.34. The first-order valence-electron chi connectivity index (χ1n) is 11.4. The first kappa shape index (κ1) is 22.3. The van der Waals surface area contributed by atoms with Crippen molar-refractivity contribution in [2.24, 2.45) is 5.41 Å². The number of pyridine rings is 1. The van der Waals surface area contributed by atoms with Gasteiger partial charge in [-0.1, -0.05) is 65.0 Å². The lowest BCUT2D eigenvalue weighted by Crippen LogP contribution is -2.59. The van der Waals surface area contributed by atoms with Crippen LogP contribution in [0.3, 0.4) is 0 Å². The van der Waals surface area contributed by atoms with Crippen LogP contribution in [0.5, 0.6) is 0 Å². The molecule has 4 rings (SSSR count). The van der Waals surface area contributed by atoms with Crippen LogP contribution in [-0.4, -0.2) is 56.1 Å². The van der Waals surface area contributed by atoms with Crippen molar-refractivity contribution >= 4 is 11.7 Å². The molecule has 3 aromatic rings. The number of aromatic nitrogens is 2. The number of carbonyl (C=O) groups is 1. The van der Waals surface area contributed by atoms with Crippen molar-refractivity contribution in [1.29, 1.82) is 0 Å². The Labute approximate surface area is 190 Å². The molecule has 1 aromatic carbocycles. The highest BCUT2D eigenvalue weighted by Gasteiger charge is 2.38. The first-order valence-corrected chi connectivity index (χ1v) is 11.4. The summed E-state index contributed by atoms with van der Waals surface area (Å²) in [5.74, 6) is 0.490. The Morgan fingerprint density at radius 3 is 2.47 bits per heavy atom. The van der Waals surface area contributed by atoms with Crippen LogP contribution in [0.4, 0.5) is 4.79 Å². The van der Waals surface area contributed by atoms with Gasteiger partial charge in [-0.2, -0.15) is 0 Å². The van der Waals surface area contributed by atoms with Gasteiger partial charge in [0.25, 0.3) is 0 Å². The van der Waals surface area contributed by atoms with Crippen molar-refractivity contribution in [3.05, 3.63) is 59.9 Å². The summed E-state index contributed by atoms with van der Waals surface area (Å²) in [4.78, 5) is 20.8. The van der Waals surface area contributed by atoms with Gasteiger partial charge in [-0.25, -0.2) is 9.78 Å². The van der Waals surface area contributed by atoms with E-state index in [-0.39, 0.29) is 11.5 Å². The van der Waals surface area contributed by atoms with Crippen molar-refractivity contribution in [3.8, 4) is 11.3 Å². The fourth-order valence-electron chi connectivity index (χ4n) is 4.62. The number of piperazine rings is 1. The molecule has 1 aliphatic heterocycles. The molecule has 6 nitrogen and oxygen atoms in total. The monoisotopic (exact) mass is 434 g/mol. The quantitative estimate of drug-likeness (QED) is 0.602. The number of imidazole rings is 1. The zero-order valence-corrected chi connectivity index (χ0v) is 19.7. The van der Waals surface area contributed by atoms with E-state index < -0.39 is 6.09 Å². The van der Waals surface area contributed by atoms with Crippen molar-refractivity contribution in [2.75, 3.05) is 19.6 Å². The second kappa shape index (κ2) is 8.58. The number of hydrogen-bond acceptors (Lipinski definition) is 3. The summed E-state index contributed by atoms with van der Waals surface area (Å²) in [6, 6.07) is 14.7. The number of carboxylic acid groups (broad SMARTS) is 1. The van der Waals surface area contributed by atoms with Gasteiger partial charge in [0.15, 0.2) is 0 Å².